The van der Waals surface area contributed by atoms with Crippen LogP contribution in [0.5, 0.6) is 0 Å². The fourth-order valence-electron chi connectivity index (χ4n) is 1.89. The highest BCUT2D eigenvalue weighted by molar-refractivity contribution is 14.1. The van der Waals surface area contributed by atoms with Gasteiger partial charge in [-0.25, -0.2) is 4.98 Å². The lowest BCUT2D eigenvalue weighted by Gasteiger charge is -2.04. The van der Waals surface area contributed by atoms with Crippen LogP contribution >= 0.6 is 33.9 Å². The first-order valence-corrected chi connectivity index (χ1v) is 7.82. The van der Waals surface area contributed by atoms with Crippen molar-refractivity contribution in [1.82, 2.24) is 9.55 Å². The number of carbonyl (C=O) groups excluding carboxylic acids is 1. The molecule has 6 heteroatoms. The molecular formula is C14H9IN2O2S. The van der Waals surface area contributed by atoms with Crippen LogP contribution < -0.4 is 5.56 Å². The summed E-state index contributed by atoms with van der Waals surface area (Å²) in [6.07, 6.45) is 1.44. The van der Waals surface area contributed by atoms with E-state index in [4.69, 9.17) is 0 Å². The van der Waals surface area contributed by atoms with Gasteiger partial charge < -0.3 is 0 Å². The summed E-state index contributed by atoms with van der Waals surface area (Å²) in [5, 5.41) is 2.39. The predicted molar refractivity (Wildman–Crippen MR) is 87.4 cm³/mol. The first kappa shape index (κ1) is 13.4. The Morgan fingerprint density at radius 3 is 2.75 bits per heavy atom. The quantitative estimate of drug-likeness (QED) is 0.506. The molecule has 100 valence electrons. The number of carbonyl (C=O) groups is 1. The summed E-state index contributed by atoms with van der Waals surface area (Å²) in [5.41, 5.74) is 0.429. The van der Waals surface area contributed by atoms with Gasteiger partial charge in [0.2, 0.25) is 0 Å². The normalized spacial score (nSPS) is 10.8. The van der Waals surface area contributed by atoms with Crippen LogP contribution in [0, 0.1) is 3.57 Å². The number of nitrogens with zero attached hydrogens (tertiary/aromatic N) is 2. The van der Waals surface area contributed by atoms with E-state index in [2.05, 4.69) is 27.6 Å². The number of thiophene rings is 1. The number of hydrogen-bond acceptors (Lipinski definition) is 4. The van der Waals surface area contributed by atoms with E-state index >= 15 is 0 Å². The molecule has 2 heterocycles. The van der Waals surface area contributed by atoms with Crippen LogP contribution in [0.4, 0.5) is 0 Å². The maximum Gasteiger partial charge on any atom is 0.262 e. The molecule has 0 amide bonds. The van der Waals surface area contributed by atoms with Crippen molar-refractivity contribution in [3.05, 3.63) is 61.5 Å². The molecule has 0 bridgehead atoms. The molecule has 0 unspecified atom stereocenters. The van der Waals surface area contributed by atoms with Crippen LogP contribution in [0.25, 0.3) is 10.2 Å². The standard InChI is InChI=1S/C14H9IN2O2S/c15-10-3-1-9(2-4-10)12(18)7-17-8-16-13-11(14(17)19)5-6-20-13/h1-6,8H,7H2. The number of fused-ring (bicyclic) bond motifs is 1. The Morgan fingerprint density at radius 1 is 1.25 bits per heavy atom. The highest BCUT2D eigenvalue weighted by Gasteiger charge is 2.10. The van der Waals surface area contributed by atoms with Gasteiger partial charge >= 0.3 is 0 Å². The van der Waals surface area contributed by atoms with Crippen LogP contribution in [-0.2, 0) is 6.54 Å². The molecule has 3 aromatic rings. The number of aromatic nitrogens is 2. The molecule has 0 saturated carbocycles. The van der Waals surface area contributed by atoms with Gasteiger partial charge in [0.25, 0.3) is 5.56 Å². The maximum absolute atomic E-state index is 12.2. The predicted octanol–water partition coefficient (Wildman–Crippen LogP) is 2.95. The van der Waals surface area contributed by atoms with E-state index in [0.29, 0.717) is 15.8 Å². The van der Waals surface area contributed by atoms with Crippen LogP contribution in [0.1, 0.15) is 10.4 Å². The molecule has 0 spiro atoms. The molecule has 20 heavy (non-hydrogen) atoms. The van der Waals surface area contributed by atoms with Crippen LogP contribution in [0.15, 0.2) is 46.8 Å². The van der Waals surface area contributed by atoms with E-state index in [0.717, 1.165) is 3.57 Å². The SMILES string of the molecule is O=C(Cn1cnc2sccc2c1=O)c1ccc(I)cc1. The largest absolute Gasteiger partial charge is 0.292 e. The molecule has 0 radical (unpaired) electrons. The maximum atomic E-state index is 12.2. The fraction of sp³-hybridized carbons (Fsp3) is 0.0714. The lowest BCUT2D eigenvalue weighted by atomic mass is 10.1. The summed E-state index contributed by atoms with van der Waals surface area (Å²) < 4.78 is 2.42. The van der Waals surface area contributed by atoms with Crippen LogP contribution in [-0.4, -0.2) is 15.3 Å². The number of rotatable bonds is 3. The van der Waals surface area contributed by atoms with E-state index in [1.54, 1.807) is 18.2 Å². The van der Waals surface area contributed by atoms with Crippen molar-refractivity contribution in [2.24, 2.45) is 0 Å². The highest BCUT2D eigenvalue weighted by atomic mass is 127. The Balaban J connectivity index is 1.93. The summed E-state index contributed by atoms with van der Waals surface area (Å²) in [7, 11) is 0. The van der Waals surface area contributed by atoms with Crippen LogP contribution in [0.2, 0.25) is 0 Å². The zero-order chi connectivity index (χ0) is 14.1. The summed E-state index contributed by atoms with van der Waals surface area (Å²) in [4.78, 5) is 29.2. The molecular weight excluding hydrogens is 387 g/mol. The average molecular weight is 396 g/mol. The smallest absolute Gasteiger partial charge is 0.262 e. The Hall–Kier alpha value is -1.54. The number of hydrogen-bond donors (Lipinski definition) is 0. The van der Waals surface area contributed by atoms with Crippen LogP contribution in [0.3, 0.4) is 0 Å². The minimum Gasteiger partial charge on any atom is -0.292 e. The van der Waals surface area contributed by atoms with Gasteiger partial charge in [-0.15, -0.1) is 11.3 Å². The third-order valence-corrected chi connectivity index (χ3v) is 4.47. The summed E-state index contributed by atoms with van der Waals surface area (Å²) in [5.74, 6) is -0.0973. The van der Waals surface area contributed by atoms with Gasteiger partial charge in [0.05, 0.1) is 18.3 Å². The van der Waals surface area contributed by atoms with Crippen molar-refractivity contribution < 1.29 is 4.79 Å². The Kier molecular flexibility index (Phi) is 3.66. The molecule has 0 fully saturated rings. The zero-order valence-corrected chi connectivity index (χ0v) is 13.2. The van der Waals surface area contributed by atoms with E-state index in [9.17, 15) is 9.59 Å². The third kappa shape index (κ3) is 2.53. The average Bonchev–Trinajstić information content (AvgIpc) is 2.92. The van der Waals surface area contributed by atoms with Crippen molar-refractivity contribution in [3.63, 3.8) is 0 Å². The van der Waals surface area contributed by atoms with Gasteiger partial charge in [0.1, 0.15) is 4.83 Å². The van der Waals surface area contributed by atoms with Gasteiger partial charge in [-0.05, 0) is 46.2 Å². The number of Topliss-reactive ketones (excluding diaryl/α,β-unsaturated/α-hetero) is 1. The Labute approximate surface area is 132 Å². The van der Waals surface area contributed by atoms with Crippen molar-refractivity contribution in [2.45, 2.75) is 6.54 Å². The molecule has 0 N–H and O–H groups in total. The minimum atomic E-state index is -0.171. The van der Waals surface area contributed by atoms with Crippen molar-refractivity contribution in [3.8, 4) is 0 Å². The summed E-state index contributed by atoms with van der Waals surface area (Å²) >= 11 is 3.60. The van der Waals surface area contributed by atoms with Gasteiger partial charge in [0, 0.05) is 9.13 Å². The molecule has 0 aliphatic heterocycles. The zero-order valence-electron chi connectivity index (χ0n) is 10.2. The van der Waals surface area contributed by atoms with E-state index in [1.807, 2.05) is 17.5 Å². The molecule has 1 aromatic carbocycles. The van der Waals surface area contributed by atoms with E-state index < -0.39 is 0 Å². The molecule has 3 rings (SSSR count). The second-order valence-electron chi connectivity index (χ2n) is 4.25. The lowest BCUT2D eigenvalue weighted by Crippen LogP contribution is -2.24. The third-order valence-electron chi connectivity index (χ3n) is 2.93. The second-order valence-corrected chi connectivity index (χ2v) is 6.39. The molecule has 4 nitrogen and oxygen atoms in total. The van der Waals surface area contributed by atoms with E-state index in [-0.39, 0.29) is 17.9 Å². The molecule has 0 saturated heterocycles. The van der Waals surface area contributed by atoms with Gasteiger partial charge in [-0.3, -0.25) is 14.2 Å². The number of benzene rings is 1. The minimum absolute atomic E-state index is 0.0121. The first-order chi connectivity index (χ1) is 9.65. The monoisotopic (exact) mass is 396 g/mol. The van der Waals surface area contributed by atoms with E-state index in [1.165, 1.54) is 22.2 Å². The number of halogens is 1. The number of ketones is 1. The van der Waals surface area contributed by atoms with Crippen molar-refractivity contribution >= 4 is 49.9 Å². The van der Waals surface area contributed by atoms with Gasteiger partial charge in [-0.1, -0.05) is 12.1 Å². The fourth-order valence-corrected chi connectivity index (χ4v) is 2.97. The topological polar surface area (TPSA) is 52.0 Å². The summed E-state index contributed by atoms with van der Waals surface area (Å²) in [6, 6.07) is 9.02. The van der Waals surface area contributed by atoms with Gasteiger partial charge in [0.15, 0.2) is 5.78 Å². The second kappa shape index (κ2) is 5.45. The lowest BCUT2D eigenvalue weighted by molar-refractivity contribution is 0.0970. The highest BCUT2D eigenvalue weighted by Crippen LogP contribution is 2.13. The molecule has 0 aliphatic carbocycles. The van der Waals surface area contributed by atoms with Crippen molar-refractivity contribution in [1.29, 1.82) is 0 Å². The van der Waals surface area contributed by atoms with Crippen molar-refractivity contribution in [2.75, 3.05) is 0 Å². The molecule has 0 atom stereocenters. The first-order valence-electron chi connectivity index (χ1n) is 5.86. The molecule has 2 aromatic heterocycles. The molecule has 0 aliphatic rings. The summed E-state index contributed by atoms with van der Waals surface area (Å²) in [6.45, 7) is 0.0121. The Morgan fingerprint density at radius 2 is 2.00 bits per heavy atom. The van der Waals surface area contributed by atoms with Gasteiger partial charge in [-0.2, -0.15) is 0 Å². The Bertz CT molecular complexity index is 836.